The van der Waals surface area contributed by atoms with E-state index in [4.69, 9.17) is 5.26 Å². The normalized spacial score (nSPS) is 10.7. The Balaban J connectivity index is 1.76. The average Bonchev–Trinajstić information content (AvgIpc) is 2.70. The third kappa shape index (κ3) is 4.34. The van der Waals surface area contributed by atoms with Crippen molar-refractivity contribution >= 4 is 27.3 Å². The summed E-state index contributed by atoms with van der Waals surface area (Å²) in [6, 6.07) is 18.7. The molecule has 0 aliphatic rings. The van der Waals surface area contributed by atoms with E-state index in [0.717, 1.165) is 12.1 Å². The first-order valence-electron chi connectivity index (χ1n) is 8.08. The number of rotatable bonds is 5. The molecule has 1 amide bonds. The van der Waals surface area contributed by atoms with Gasteiger partial charge in [0.25, 0.3) is 15.9 Å². The van der Waals surface area contributed by atoms with Crippen molar-refractivity contribution in [1.29, 1.82) is 5.26 Å². The highest BCUT2D eigenvalue weighted by atomic mass is 32.2. The number of carbonyl (C=O) groups is 1. The van der Waals surface area contributed by atoms with Gasteiger partial charge in [-0.25, -0.2) is 12.8 Å². The molecule has 2 N–H and O–H groups in total. The number of amides is 1. The van der Waals surface area contributed by atoms with Crippen LogP contribution in [0.3, 0.4) is 0 Å². The Morgan fingerprint density at radius 2 is 1.57 bits per heavy atom. The van der Waals surface area contributed by atoms with Crippen LogP contribution in [0.4, 0.5) is 15.8 Å². The largest absolute Gasteiger partial charge is 0.321 e. The van der Waals surface area contributed by atoms with Crippen molar-refractivity contribution < 1.29 is 17.6 Å². The minimum absolute atomic E-state index is 0.0502. The van der Waals surface area contributed by atoms with Gasteiger partial charge in [0.15, 0.2) is 0 Å². The molecule has 3 aromatic carbocycles. The number of para-hydroxylation sites is 1. The molecule has 0 radical (unpaired) electrons. The van der Waals surface area contributed by atoms with E-state index >= 15 is 0 Å². The molecule has 0 aliphatic heterocycles. The zero-order valence-corrected chi connectivity index (χ0v) is 15.2. The number of hydrogen-bond acceptors (Lipinski definition) is 4. The smallest absolute Gasteiger partial charge is 0.261 e. The lowest BCUT2D eigenvalue weighted by Gasteiger charge is -2.10. The van der Waals surface area contributed by atoms with Crippen LogP contribution in [-0.4, -0.2) is 14.3 Å². The zero-order valence-electron chi connectivity index (χ0n) is 14.4. The fraction of sp³-hybridized carbons (Fsp3) is 0. The summed E-state index contributed by atoms with van der Waals surface area (Å²) in [5.41, 5.74) is 1.13. The van der Waals surface area contributed by atoms with Gasteiger partial charge < -0.3 is 5.32 Å². The summed E-state index contributed by atoms with van der Waals surface area (Å²) in [5.74, 6) is -0.950. The maximum atomic E-state index is 12.9. The lowest BCUT2D eigenvalue weighted by molar-refractivity contribution is 0.102. The SMILES string of the molecule is N#Cc1ccccc1NC(=O)c1ccc(S(=O)(=O)Nc2ccc(F)cc2)cc1. The first kappa shape index (κ1) is 19.1. The highest BCUT2D eigenvalue weighted by Gasteiger charge is 2.16. The summed E-state index contributed by atoms with van der Waals surface area (Å²) in [4.78, 5) is 12.3. The number of sulfonamides is 1. The lowest BCUT2D eigenvalue weighted by atomic mass is 10.1. The predicted molar refractivity (Wildman–Crippen MR) is 103 cm³/mol. The van der Waals surface area contributed by atoms with Crippen LogP contribution in [0, 0.1) is 17.1 Å². The zero-order chi connectivity index (χ0) is 20.1. The third-order valence-corrected chi connectivity index (χ3v) is 5.22. The van der Waals surface area contributed by atoms with Crippen molar-refractivity contribution in [1.82, 2.24) is 0 Å². The summed E-state index contributed by atoms with van der Waals surface area (Å²) in [6.07, 6.45) is 0. The molecule has 3 rings (SSSR count). The van der Waals surface area contributed by atoms with Crippen LogP contribution < -0.4 is 10.0 Å². The summed E-state index contributed by atoms with van der Waals surface area (Å²) < 4.78 is 40.1. The van der Waals surface area contributed by atoms with Crippen molar-refractivity contribution in [2.45, 2.75) is 4.90 Å². The summed E-state index contributed by atoms with van der Waals surface area (Å²) in [5, 5.41) is 11.7. The van der Waals surface area contributed by atoms with E-state index in [9.17, 15) is 17.6 Å². The topological polar surface area (TPSA) is 99.1 Å². The maximum absolute atomic E-state index is 12.9. The fourth-order valence-electron chi connectivity index (χ4n) is 2.40. The number of anilines is 2. The van der Waals surface area contributed by atoms with Gasteiger partial charge in [0.2, 0.25) is 0 Å². The molecule has 0 saturated carbocycles. The molecule has 0 aromatic heterocycles. The molecular weight excluding hydrogens is 381 g/mol. The Labute approximate surface area is 161 Å². The van der Waals surface area contributed by atoms with Crippen molar-refractivity contribution in [2.24, 2.45) is 0 Å². The molecule has 6 nitrogen and oxygen atoms in total. The van der Waals surface area contributed by atoms with Crippen molar-refractivity contribution in [3.8, 4) is 6.07 Å². The highest BCUT2D eigenvalue weighted by molar-refractivity contribution is 7.92. The number of halogens is 1. The van der Waals surface area contributed by atoms with Crippen LogP contribution in [0.2, 0.25) is 0 Å². The summed E-state index contributed by atoms with van der Waals surface area (Å²) in [6.45, 7) is 0. The van der Waals surface area contributed by atoms with Crippen LogP contribution in [0.1, 0.15) is 15.9 Å². The van der Waals surface area contributed by atoms with Gasteiger partial charge in [0.1, 0.15) is 11.9 Å². The first-order valence-corrected chi connectivity index (χ1v) is 9.56. The van der Waals surface area contributed by atoms with E-state index in [2.05, 4.69) is 10.0 Å². The number of nitriles is 1. The molecule has 0 unspecified atom stereocenters. The molecule has 0 bridgehead atoms. The lowest BCUT2D eigenvalue weighted by Crippen LogP contribution is -2.15. The van der Waals surface area contributed by atoms with Gasteiger partial charge in [-0.2, -0.15) is 5.26 Å². The van der Waals surface area contributed by atoms with Crippen molar-refractivity contribution in [3.05, 3.63) is 89.7 Å². The Bertz CT molecular complexity index is 1150. The van der Waals surface area contributed by atoms with E-state index in [1.165, 1.54) is 36.4 Å². The summed E-state index contributed by atoms with van der Waals surface area (Å²) >= 11 is 0. The van der Waals surface area contributed by atoms with Gasteiger partial charge in [-0.1, -0.05) is 12.1 Å². The number of nitrogens with zero attached hydrogens (tertiary/aromatic N) is 1. The van der Waals surface area contributed by atoms with E-state index < -0.39 is 21.7 Å². The molecule has 0 atom stereocenters. The monoisotopic (exact) mass is 395 g/mol. The second-order valence-electron chi connectivity index (χ2n) is 5.75. The Morgan fingerprint density at radius 1 is 0.929 bits per heavy atom. The molecule has 140 valence electrons. The fourth-order valence-corrected chi connectivity index (χ4v) is 3.46. The van der Waals surface area contributed by atoms with E-state index in [1.54, 1.807) is 24.3 Å². The third-order valence-electron chi connectivity index (χ3n) is 3.82. The number of benzene rings is 3. The number of nitrogens with one attached hydrogen (secondary N) is 2. The van der Waals surface area contributed by atoms with E-state index in [1.807, 2.05) is 6.07 Å². The second-order valence-corrected chi connectivity index (χ2v) is 7.43. The molecule has 0 saturated heterocycles. The van der Waals surface area contributed by atoms with E-state index in [0.29, 0.717) is 11.3 Å². The van der Waals surface area contributed by atoms with Gasteiger partial charge in [-0.15, -0.1) is 0 Å². The molecule has 0 heterocycles. The van der Waals surface area contributed by atoms with Crippen molar-refractivity contribution in [3.63, 3.8) is 0 Å². The van der Waals surface area contributed by atoms with Gasteiger partial charge in [0.05, 0.1) is 16.1 Å². The van der Waals surface area contributed by atoms with Crippen molar-refractivity contribution in [2.75, 3.05) is 10.0 Å². The van der Waals surface area contributed by atoms with Gasteiger partial charge in [0, 0.05) is 11.3 Å². The van der Waals surface area contributed by atoms with Gasteiger partial charge in [-0.3, -0.25) is 9.52 Å². The second kappa shape index (κ2) is 7.90. The summed E-state index contributed by atoms with van der Waals surface area (Å²) in [7, 11) is -3.89. The van der Waals surface area contributed by atoms with Crippen LogP contribution in [0.5, 0.6) is 0 Å². The minimum atomic E-state index is -3.89. The predicted octanol–water partition coefficient (Wildman–Crippen LogP) is 3.75. The average molecular weight is 395 g/mol. The molecule has 28 heavy (non-hydrogen) atoms. The Hall–Kier alpha value is -3.70. The minimum Gasteiger partial charge on any atom is -0.321 e. The molecule has 3 aromatic rings. The molecule has 0 spiro atoms. The number of carbonyl (C=O) groups excluding carboxylic acids is 1. The quantitative estimate of drug-likeness (QED) is 0.687. The van der Waals surface area contributed by atoms with Crippen LogP contribution in [-0.2, 0) is 10.0 Å². The molecule has 0 fully saturated rings. The van der Waals surface area contributed by atoms with E-state index in [-0.39, 0.29) is 16.1 Å². The van der Waals surface area contributed by atoms with Crippen LogP contribution in [0.15, 0.2) is 77.7 Å². The van der Waals surface area contributed by atoms with Gasteiger partial charge in [-0.05, 0) is 60.7 Å². The molecule has 8 heteroatoms. The highest BCUT2D eigenvalue weighted by Crippen LogP contribution is 2.19. The van der Waals surface area contributed by atoms with Gasteiger partial charge >= 0.3 is 0 Å². The standard InChI is InChI=1S/C20H14FN3O3S/c21-16-7-9-17(10-8-16)24-28(26,27)18-11-5-14(6-12-18)20(25)23-19-4-2-1-3-15(19)13-22/h1-12,24H,(H,23,25). The molecular formula is C20H14FN3O3S. The van der Waals surface area contributed by atoms with Crippen LogP contribution in [0.25, 0.3) is 0 Å². The van der Waals surface area contributed by atoms with Crippen LogP contribution >= 0.6 is 0 Å². The first-order chi connectivity index (χ1) is 13.4. The molecule has 0 aliphatic carbocycles. The maximum Gasteiger partial charge on any atom is 0.261 e. The number of hydrogen-bond donors (Lipinski definition) is 2. The Morgan fingerprint density at radius 3 is 2.21 bits per heavy atom. The Kier molecular flexibility index (Phi) is 5.38.